The molecule has 1 aliphatic heterocycles. The molecule has 1 aromatic heterocycles. The van der Waals surface area contributed by atoms with Crippen molar-refractivity contribution < 1.29 is 9.13 Å². The monoisotopic (exact) mass is 385 g/mol. The summed E-state index contributed by atoms with van der Waals surface area (Å²) in [5.41, 5.74) is 1.99. The van der Waals surface area contributed by atoms with Gasteiger partial charge in [0.15, 0.2) is 5.96 Å². The van der Waals surface area contributed by atoms with Gasteiger partial charge in [-0.3, -0.25) is 0 Å². The van der Waals surface area contributed by atoms with Gasteiger partial charge in [0, 0.05) is 45.0 Å². The van der Waals surface area contributed by atoms with E-state index in [4.69, 9.17) is 9.73 Å². The van der Waals surface area contributed by atoms with Crippen molar-refractivity contribution in [2.75, 3.05) is 44.8 Å². The summed E-state index contributed by atoms with van der Waals surface area (Å²) >= 11 is 0. The summed E-state index contributed by atoms with van der Waals surface area (Å²) in [4.78, 5) is 13.6. The molecule has 1 aromatic carbocycles. The number of hydrogen-bond donors (Lipinski definition) is 1. The largest absolute Gasteiger partial charge is 0.378 e. The van der Waals surface area contributed by atoms with Crippen LogP contribution in [0.3, 0.4) is 0 Å². The van der Waals surface area contributed by atoms with Crippen LogP contribution in [0.2, 0.25) is 0 Å². The van der Waals surface area contributed by atoms with E-state index in [1.807, 2.05) is 37.2 Å². The number of rotatable bonds is 6. The normalized spacial score (nSPS) is 14.8. The molecule has 0 bridgehead atoms. The average molecular weight is 385 g/mol. The zero-order chi connectivity index (χ0) is 19.8. The van der Waals surface area contributed by atoms with Gasteiger partial charge < -0.3 is 19.9 Å². The molecular weight excluding hydrogens is 357 g/mol. The standard InChI is InChI=1S/C21H28FN5O/c1-3-23-21(26(2)16-17-6-4-8-19(22)14-17)25-15-18-7-5-9-24-20(18)27-10-12-28-13-11-27/h4-9,14H,3,10-13,15-16H2,1-2H3,(H,23,25). The van der Waals surface area contributed by atoms with E-state index in [9.17, 15) is 4.39 Å². The van der Waals surface area contributed by atoms with E-state index in [1.165, 1.54) is 6.07 Å². The smallest absolute Gasteiger partial charge is 0.194 e. The number of aliphatic imine (C=N–C) groups is 1. The Balaban J connectivity index is 1.74. The second-order valence-corrected chi connectivity index (χ2v) is 6.74. The molecule has 0 radical (unpaired) electrons. The molecule has 1 N–H and O–H groups in total. The summed E-state index contributed by atoms with van der Waals surface area (Å²) in [5.74, 6) is 1.53. The Morgan fingerprint density at radius 2 is 2.11 bits per heavy atom. The van der Waals surface area contributed by atoms with Gasteiger partial charge in [0.25, 0.3) is 0 Å². The maximum atomic E-state index is 13.5. The van der Waals surface area contributed by atoms with Crippen LogP contribution in [0.15, 0.2) is 47.6 Å². The SMILES string of the molecule is CCNC(=NCc1cccnc1N1CCOCC1)N(C)Cc1cccc(F)c1. The summed E-state index contributed by atoms with van der Waals surface area (Å²) in [7, 11) is 1.96. The Labute approximate surface area is 166 Å². The number of aromatic nitrogens is 1. The highest BCUT2D eigenvalue weighted by molar-refractivity contribution is 5.79. The Morgan fingerprint density at radius 3 is 2.86 bits per heavy atom. The van der Waals surface area contributed by atoms with E-state index >= 15 is 0 Å². The lowest BCUT2D eigenvalue weighted by molar-refractivity contribution is 0.122. The minimum Gasteiger partial charge on any atom is -0.378 e. The van der Waals surface area contributed by atoms with Gasteiger partial charge in [0.05, 0.1) is 19.8 Å². The highest BCUT2D eigenvalue weighted by Gasteiger charge is 2.16. The first-order valence-electron chi connectivity index (χ1n) is 9.68. The van der Waals surface area contributed by atoms with E-state index in [-0.39, 0.29) is 5.82 Å². The molecule has 0 atom stereocenters. The summed E-state index contributed by atoms with van der Waals surface area (Å²) in [6.45, 7) is 7.02. The molecule has 0 unspecified atom stereocenters. The molecule has 150 valence electrons. The van der Waals surface area contributed by atoms with Gasteiger partial charge in [0.2, 0.25) is 0 Å². The molecule has 0 saturated carbocycles. The third kappa shape index (κ3) is 5.42. The molecule has 2 heterocycles. The lowest BCUT2D eigenvalue weighted by Crippen LogP contribution is -2.39. The minimum absolute atomic E-state index is 0.224. The fourth-order valence-electron chi connectivity index (χ4n) is 3.23. The van der Waals surface area contributed by atoms with Gasteiger partial charge in [-0.15, -0.1) is 0 Å². The molecule has 1 saturated heterocycles. The van der Waals surface area contributed by atoms with Gasteiger partial charge in [-0.2, -0.15) is 0 Å². The molecule has 3 rings (SSSR count). The molecule has 28 heavy (non-hydrogen) atoms. The first-order valence-corrected chi connectivity index (χ1v) is 9.68. The summed E-state index contributed by atoms with van der Waals surface area (Å²) in [6.07, 6.45) is 1.82. The van der Waals surface area contributed by atoms with Crippen LogP contribution in [0.4, 0.5) is 10.2 Å². The van der Waals surface area contributed by atoms with Crippen molar-refractivity contribution in [2.45, 2.75) is 20.0 Å². The Kier molecular flexibility index (Phi) is 7.19. The molecule has 0 spiro atoms. The summed E-state index contributed by atoms with van der Waals surface area (Å²) in [6, 6.07) is 10.7. The predicted octanol–water partition coefficient (Wildman–Crippen LogP) is 2.65. The number of nitrogens with one attached hydrogen (secondary N) is 1. The highest BCUT2D eigenvalue weighted by Crippen LogP contribution is 2.19. The van der Waals surface area contributed by atoms with Gasteiger partial charge in [-0.25, -0.2) is 14.4 Å². The van der Waals surface area contributed by atoms with Crippen molar-refractivity contribution in [3.8, 4) is 0 Å². The molecule has 2 aromatic rings. The molecule has 0 amide bonds. The second kappa shape index (κ2) is 10.0. The summed E-state index contributed by atoms with van der Waals surface area (Å²) < 4.78 is 18.9. The van der Waals surface area contributed by atoms with E-state index in [0.29, 0.717) is 13.1 Å². The number of benzene rings is 1. The molecule has 1 aliphatic rings. The minimum atomic E-state index is -0.224. The molecule has 6 nitrogen and oxygen atoms in total. The van der Waals surface area contributed by atoms with Crippen LogP contribution < -0.4 is 10.2 Å². The number of anilines is 1. The van der Waals surface area contributed by atoms with Gasteiger partial charge in [0.1, 0.15) is 11.6 Å². The zero-order valence-electron chi connectivity index (χ0n) is 16.6. The first-order chi connectivity index (χ1) is 13.7. The van der Waals surface area contributed by atoms with Crippen molar-refractivity contribution in [1.29, 1.82) is 0 Å². The van der Waals surface area contributed by atoms with Crippen molar-refractivity contribution in [3.05, 3.63) is 59.5 Å². The number of guanidine groups is 1. The van der Waals surface area contributed by atoms with E-state index in [1.54, 1.807) is 12.1 Å². The van der Waals surface area contributed by atoms with Crippen LogP contribution in [0.1, 0.15) is 18.1 Å². The second-order valence-electron chi connectivity index (χ2n) is 6.74. The number of hydrogen-bond acceptors (Lipinski definition) is 4. The van der Waals surface area contributed by atoms with Crippen LogP contribution in [0, 0.1) is 5.82 Å². The third-order valence-corrected chi connectivity index (χ3v) is 4.58. The fourth-order valence-corrected chi connectivity index (χ4v) is 3.23. The maximum Gasteiger partial charge on any atom is 0.194 e. The average Bonchev–Trinajstić information content (AvgIpc) is 2.72. The van der Waals surface area contributed by atoms with Crippen molar-refractivity contribution in [1.82, 2.24) is 15.2 Å². The third-order valence-electron chi connectivity index (χ3n) is 4.58. The quantitative estimate of drug-likeness (QED) is 0.612. The van der Waals surface area contributed by atoms with Crippen molar-refractivity contribution >= 4 is 11.8 Å². The lowest BCUT2D eigenvalue weighted by atomic mass is 10.2. The van der Waals surface area contributed by atoms with Gasteiger partial charge in [-0.05, 0) is 30.7 Å². The van der Waals surface area contributed by atoms with E-state index in [0.717, 1.165) is 55.8 Å². The van der Waals surface area contributed by atoms with Gasteiger partial charge in [-0.1, -0.05) is 18.2 Å². The topological polar surface area (TPSA) is 53.0 Å². The molecule has 7 heteroatoms. The number of nitrogens with zero attached hydrogens (tertiary/aromatic N) is 4. The number of morpholine rings is 1. The van der Waals surface area contributed by atoms with Gasteiger partial charge >= 0.3 is 0 Å². The van der Waals surface area contributed by atoms with Crippen LogP contribution in [-0.2, 0) is 17.8 Å². The molecular formula is C21H28FN5O. The van der Waals surface area contributed by atoms with E-state index < -0.39 is 0 Å². The number of pyridine rings is 1. The van der Waals surface area contributed by atoms with Crippen LogP contribution >= 0.6 is 0 Å². The van der Waals surface area contributed by atoms with Crippen LogP contribution in [-0.4, -0.2) is 55.7 Å². The molecule has 1 fully saturated rings. The van der Waals surface area contributed by atoms with Crippen molar-refractivity contribution in [2.24, 2.45) is 4.99 Å². The first kappa shape index (κ1) is 20.1. The molecule has 0 aliphatic carbocycles. The van der Waals surface area contributed by atoms with Crippen LogP contribution in [0.25, 0.3) is 0 Å². The predicted molar refractivity (Wildman–Crippen MR) is 110 cm³/mol. The zero-order valence-corrected chi connectivity index (χ0v) is 16.6. The number of halogens is 1. The highest BCUT2D eigenvalue weighted by atomic mass is 19.1. The fraction of sp³-hybridized carbons (Fsp3) is 0.429. The Bertz CT molecular complexity index is 792. The lowest BCUT2D eigenvalue weighted by Gasteiger charge is -2.29. The van der Waals surface area contributed by atoms with E-state index in [2.05, 4.69) is 21.3 Å². The number of ether oxygens (including phenoxy) is 1. The van der Waals surface area contributed by atoms with Crippen LogP contribution in [0.5, 0.6) is 0 Å². The Hall–Kier alpha value is -2.67. The maximum absolute atomic E-state index is 13.5. The summed E-state index contributed by atoms with van der Waals surface area (Å²) in [5, 5.41) is 3.31. The van der Waals surface area contributed by atoms with Crippen molar-refractivity contribution in [3.63, 3.8) is 0 Å². The Morgan fingerprint density at radius 1 is 1.29 bits per heavy atom.